The van der Waals surface area contributed by atoms with Crippen LogP contribution < -0.4 is 0 Å². The molecule has 2 rings (SSSR count). The van der Waals surface area contributed by atoms with Gasteiger partial charge in [0.05, 0.1) is 12.8 Å². The van der Waals surface area contributed by atoms with Crippen molar-refractivity contribution in [2.45, 2.75) is 32.9 Å². The van der Waals surface area contributed by atoms with Crippen molar-refractivity contribution in [2.24, 2.45) is 0 Å². The van der Waals surface area contributed by atoms with Gasteiger partial charge in [-0.1, -0.05) is 0 Å². The molecule has 1 saturated heterocycles. The standard InChI is InChI=1S/C13H22N4O2/c1-4-19-13(18)17-6-5-12(9-17)16(3)8-11-7-14-15-10(11)2/h7,12H,4-6,8-9H2,1-3H3,(H,14,15)/t12-/m0/s1. The molecule has 0 radical (unpaired) electrons. The summed E-state index contributed by atoms with van der Waals surface area (Å²) in [6.45, 7) is 6.66. The van der Waals surface area contributed by atoms with E-state index in [1.807, 2.05) is 20.0 Å². The van der Waals surface area contributed by atoms with Crippen LogP contribution >= 0.6 is 0 Å². The van der Waals surface area contributed by atoms with E-state index in [9.17, 15) is 4.79 Å². The highest BCUT2D eigenvalue weighted by molar-refractivity contribution is 5.68. The number of ether oxygens (including phenoxy) is 1. The molecule has 1 amide bonds. The van der Waals surface area contributed by atoms with Crippen LogP contribution in [-0.2, 0) is 11.3 Å². The zero-order valence-electron chi connectivity index (χ0n) is 11.8. The Morgan fingerprint density at radius 2 is 2.47 bits per heavy atom. The summed E-state index contributed by atoms with van der Waals surface area (Å²) >= 11 is 0. The Labute approximate surface area is 113 Å². The average molecular weight is 266 g/mol. The molecule has 6 nitrogen and oxygen atoms in total. The first-order valence-corrected chi connectivity index (χ1v) is 6.72. The van der Waals surface area contributed by atoms with E-state index in [1.165, 1.54) is 5.56 Å². The van der Waals surface area contributed by atoms with Gasteiger partial charge in [0, 0.05) is 36.9 Å². The van der Waals surface area contributed by atoms with Gasteiger partial charge < -0.3 is 9.64 Å². The molecule has 0 bridgehead atoms. The third kappa shape index (κ3) is 3.26. The number of nitrogens with one attached hydrogen (secondary N) is 1. The number of carbonyl (C=O) groups excluding carboxylic acids is 1. The predicted molar refractivity (Wildman–Crippen MR) is 71.8 cm³/mol. The maximum absolute atomic E-state index is 11.7. The van der Waals surface area contributed by atoms with Crippen molar-refractivity contribution in [1.29, 1.82) is 0 Å². The number of amides is 1. The van der Waals surface area contributed by atoms with Crippen LogP contribution in [0.4, 0.5) is 4.79 Å². The first-order valence-electron chi connectivity index (χ1n) is 6.72. The molecule has 0 aliphatic carbocycles. The monoisotopic (exact) mass is 266 g/mol. The minimum atomic E-state index is -0.196. The second kappa shape index (κ2) is 6.06. The molecule has 1 aliphatic heterocycles. The Bertz CT molecular complexity index is 432. The van der Waals surface area contributed by atoms with Gasteiger partial charge in [0.25, 0.3) is 0 Å². The summed E-state index contributed by atoms with van der Waals surface area (Å²) < 4.78 is 5.03. The maximum Gasteiger partial charge on any atom is 0.409 e. The summed E-state index contributed by atoms with van der Waals surface area (Å²) in [6.07, 6.45) is 2.66. The third-order valence-corrected chi connectivity index (χ3v) is 3.67. The van der Waals surface area contributed by atoms with Crippen LogP contribution in [0.15, 0.2) is 6.20 Å². The van der Waals surface area contributed by atoms with Crippen LogP contribution in [0.5, 0.6) is 0 Å². The second-order valence-corrected chi connectivity index (χ2v) is 5.02. The van der Waals surface area contributed by atoms with Crippen LogP contribution in [0.2, 0.25) is 0 Å². The number of aryl methyl sites for hydroxylation is 1. The van der Waals surface area contributed by atoms with Gasteiger partial charge in [-0.05, 0) is 27.3 Å². The van der Waals surface area contributed by atoms with Crippen LogP contribution in [0.3, 0.4) is 0 Å². The van der Waals surface area contributed by atoms with Crippen molar-refractivity contribution >= 4 is 6.09 Å². The number of rotatable bonds is 4. The first-order chi connectivity index (χ1) is 9.11. The second-order valence-electron chi connectivity index (χ2n) is 5.02. The van der Waals surface area contributed by atoms with E-state index >= 15 is 0 Å². The lowest BCUT2D eigenvalue weighted by molar-refractivity contribution is 0.112. The molecular weight excluding hydrogens is 244 g/mol. The Morgan fingerprint density at radius 3 is 3.11 bits per heavy atom. The minimum absolute atomic E-state index is 0.196. The third-order valence-electron chi connectivity index (χ3n) is 3.67. The summed E-state index contributed by atoms with van der Waals surface area (Å²) in [6, 6.07) is 0.388. The van der Waals surface area contributed by atoms with E-state index in [2.05, 4.69) is 22.1 Å². The zero-order valence-corrected chi connectivity index (χ0v) is 11.8. The summed E-state index contributed by atoms with van der Waals surface area (Å²) in [5.74, 6) is 0. The Kier molecular flexibility index (Phi) is 4.42. The minimum Gasteiger partial charge on any atom is -0.450 e. The summed E-state index contributed by atoms with van der Waals surface area (Å²) in [7, 11) is 2.09. The molecule has 1 N–H and O–H groups in total. The molecule has 2 heterocycles. The summed E-state index contributed by atoms with van der Waals surface area (Å²) in [5.41, 5.74) is 2.31. The van der Waals surface area contributed by atoms with Crippen molar-refractivity contribution in [3.63, 3.8) is 0 Å². The SMILES string of the molecule is CCOC(=O)N1CC[C@H](N(C)Cc2cn[nH]c2C)C1. The van der Waals surface area contributed by atoms with Crippen molar-refractivity contribution in [1.82, 2.24) is 20.0 Å². The Balaban J connectivity index is 1.86. The van der Waals surface area contributed by atoms with E-state index in [-0.39, 0.29) is 6.09 Å². The van der Waals surface area contributed by atoms with E-state index in [1.54, 1.807) is 4.90 Å². The van der Waals surface area contributed by atoms with E-state index in [0.717, 1.165) is 31.7 Å². The molecule has 6 heteroatoms. The number of hydrogen-bond donors (Lipinski definition) is 1. The lowest BCUT2D eigenvalue weighted by atomic mass is 10.2. The van der Waals surface area contributed by atoms with Crippen molar-refractivity contribution in [3.8, 4) is 0 Å². The quantitative estimate of drug-likeness (QED) is 0.894. The largest absolute Gasteiger partial charge is 0.450 e. The fourth-order valence-corrected chi connectivity index (χ4v) is 2.42. The molecule has 0 spiro atoms. The molecule has 1 aromatic heterocycles. The lowest BCUT2D eigenvalue weighted by Gasteiger charge is -2.24. The first kappa shape index (κ1) is 13.9. The smallest absolute Gasteiger partial charge is 0.409 e. The van der Waals surface area contributed by atoms with Gasteiger partial charge in [0.1, 0.15) is 0 Å². The highest BCUT2D eigenvalue weighted by Crippen LogP contribution is 2.18. The zero-order chi connectivity index (χ0) is 13.8. The molecular formula is C13H22N4O2. The normalized spacial score (nSPS) is 19.2. The lowest BCUT2D eigenvalue weighted by Crippen LogP contribution is -2.36. The molecule has 1 aromatic rings. The van der Waals surface area contributed by atoms with Crippen LogP contribution in [0.1, 0.15) is 24.6 Å². The van der Waals surface area contributed by atoms with Gasteiger partial charge in [0.15, 0.2) is 0 Å². The molecule has 0 aromatic carbocycles. The molecule has 0 unspecified atom stereocenters. The highest BCUT2D eigenvalue weighted by atomic mass is 16.6. The number of carbonyl (C=O) groups is 1. The van der Waals surface area contributed by atoms with Gasteiger partial charge in [-0.3, -0.25) is 10.00 Å². The number of likely N-dealkylation sites (N-methyl/N-ethyl adjacent to an activating group) is 1. The summed E-state index contributed by atoms with van der Waals surface area (Å²) in [4.78, 5) is 15.7. The van der Waals surface area contributed by atoms with Crippen LogP contribution in [-0.4, -0.2) is 58.9 Å². The van der Waals surface area contributed by atoms with Gasteiger partial charge in [-0.25, -0.2) is 4.79 Å². The predicted octanol–water partition coefficient (Wildman–Crippen LogP) is 1.38. The average Bonchev–Trinajstić information content (AvgIpc) is 2.99. The number of H-pyrrole nitrogens is 1. The van der Waals surface area contributed by atoms with E-state index in [4.69, 9.17) is 4.74 Å². The Hall–Kier alpha value is -1.56. The van der Waals surface area contributed by atoms with Gasteiger partial charge in [0.2, 0.25) is 0 Å². The molecule has 1 fully saturated rings. The number of hydrogen-bond acceptors (Lipinski definition) is 4. The number of likely N-dealkylation sites (tertiary alicyclic amines) is 1. The van der Waals surface area contributed by atoms with Crippen molar-refractivity contribution in [2.75, 3.05) is 26.7 Å². The number of aromatic amines is 1. The molecule has 19 heavy (non-hydrogen) atoms. The molecule has 106 valence electrons. The van der Waals surface area contributed by atoms with Crippen molar-refractivity contribution in [3.05, 3.63) is 17.5 Å². The number of aromatic nitrogens is 2. The van der Waals surface area contributed by atoms with E-state index in [0.29, 0.717) is 12.6 Å². The summed E-state index contributed by atoms with van der Waals surface area (Å²) in [5, 5.41) is 6.98. The van der Waals surface area contributed by atoms with Crippen molar-refractivity contribution < 1.29 is 9.53 Å². The van der Waals surface area contributed by atoms with Crippen LogP contribution in [0.25, 0.3) is 0 Å². The Morgan fingerprint density at radius 1 is 1.68 bits per heavy atom. The van der Waals surface area contributed by atoms with Gasteiger partial charge in [-0.2, -0.15) is 5.10 Å². The highest BCUT2D eigenvalue weighted by Gasteiger charge is 2.29. The van der Waals surface area contributed by atoms with Gasteiger partial charge in [-0.15, -0.1) is 0 Å². The van der Waals surface area contributed by atoms with Gasteiger partial charge >= 0.3 is 6.09 Å². The fraction of sp³-hybridized carbons (Fsp3) is 0.692. The fourth-order valence-electron chi connectivity index (χ4n) is 2.42. The maximum atomic E-state index is 11.7. The number of nitrogens with zero attached hydrogens (tertiary/aromatic N) is 3. The molecule has 1 atom stereocenters. The van der Waals surface area contributed by atoms with E-state index < -0.39 is 0 Å². The molecule has 0 saturated carbocycles. The van der Waals surface area contributed by atoms with Crippen LogP contribution in [0, 0.1) is 6.92 Å². The topological polar surface area (TPSA) is 61.5 Å². The molecule has 1 aliphatic rings.